The van der Waals surface area contributed by atoms with E-state index in [9.17, 15) is 20.4 Å². The molecule has 4 nitrogen and oxygen atoms in total. The highest BCUT2D eigenvalue weighted by Gasteiger charge is 2.37. The molecule has 0 atom stereocenters. The molecule has 8 rings (SSSR count). The topological polar surface area (TPSA) is 80.9 Å². The first-order valence-corrected chi connectivity index (χ1v) is 17.9. The van der Waals surface area contributed by atoms with Crippen LogP contribution in [0.15, 0.2) is 194 Å². The standard InChI is InChI=1S/C50H38O4/c51-46-21-13-35(14-22-46)39-6-1-5-34(29-39)33-50(43-10-2-7-40(30-43)36-15-23-47(52)24-16-36,44-11-3-8-41(31-44)37-17-25-48(53)26-18-37)45-12-4-9-42(32-45)38-19-27-49(54)28-20-38/h1-32,51-54H,33H2. The van der Waals surface area contributed by atoms with Gasteiger partial charge in [0.2, 0.25) is 0 Å². The molecule has 4 N–H and O–H groups in total. The molecule has 0 saturated heterocycles. The van der Waals surface area contributed by atoms with Crippen molar-refractivity contribution in [3.05, 3.63) is 216 Å². The lowest BCUT2D eigenvalue weighted by atomic mass is 9.65. The quantitative estimate of drug-likeness (QED) is 0.113. The molecule has 0 fully saturated rings. The first kappa shape index (κ1) is 34.1. The van der Waals surface area contributed by atoms with Gasteiger partial charge in [-0.25, -0.2) is 0 Å². The minimum absolute atomic E-state index is 0.217. The third-order valence-electron chi connectivity index (χ3n) is 10.3. The number of rotatable bonds is 9. The van der Waals surface area contributed by atoms with Crippen LogP contribution in [0.4, 0.5) is 0 Å². The number of phenolic OH excluding ortho intramolecular Hbond substituents is 4. The van der Waals surface area contributed by atoms with Crippen LogP contribution in [-0.2, 0) is 11.8 Å². The SMILES string of the molecule is Oc1ccc(-c2cccc(CC(c3cccc(-c4ccc(O)cc4)c3)(c3cccc(-c4ccc(O)cc4)c3)c3cccc(-c4ccc(O)cc4)c3)c2)cc1. The number of benzene rings is 8. The molecule has 8 aromatic rings. The lowest BCUT2D eigenvalue weighted by Gasteiger charge is -2.37. The highest BCUT2D eigenvalue weighted by molar-refractivity contribution is 5.72. The van der Waals surface area contributed by atoms with Gasteiger partial charge >= 0.3 is 0 Å². The maximum absolute atomic E-state index is 10.1. The zero-order chi connectivity index (χ0) is 37.1. The van der Waals surface area contributed by atoms with Gasteiger partial charge in [0.1, 0.15) is 23.0 Å². The van der Waals surface area contributed by atoms with Gasteiger partial charge in [0.15, 0.2) is 0 Å². The Bertz CT molecular complexity index is 2320. The molecule has 262 valence electrons. The van der Waals surface area contributed by atoms with Crippen molar-refractivity contribution < 1.29 is 20.4 Å². The number of aromatic hydroxyl groups is 4. The maximum Gasteiger partial charge on any atom is 0.115 e. The lowest BCUT2D eigenvalue weighted by molar-refractivity contribution is 0.475. The van der Waals surface area contributed by atoms with Gasteiger partial charge in [-0.1, -0.05) is 127 Å². The van der Waals surface area contributed by atoms with E-state index in [0.717, 1.165) is 66.8 Å². The average molecular weight is 703 g/mol. The average Bonchev–Trinajstić information content (AvgIpc) is 3.21. The summed E-state index contributed by atoms with van der Waals surface area (Å²) in [6.45, 7) is 0. The fourth-order valence-corrected chi connectivity index (χ4v) is 7.48. The minimum Gasteiger partial charge on any atom is -0.508 e. The van der Waals surface area contributed by atoms with E-state index in [1.807, 2.05) is 48.5 Å². The third-order valence-corrected chi connectivity index (χ3v) is 10.3. The summed E-state index contributed by atoms with van der Waals surface area (Å²) in [6, 6.07) is 63.8. The highest BCUT2D eigenvalue weighted by atomic mass is 16.3. The minimum atomic E-state index is -0.722. The Morgan fingerprint density at radius 1 is 0.278 bits per heavy atom. The Morgan fingerprint density at radius 2 is 0.556 bits per heavy atom. The summed E-state index contributed by atoms with van der Waals surface area (Å²) in [5, 5.41) is 40.3. The first-order chi connectivity index (χ1) is 26.3. The fraction of sp³-hybridized carbons (Fsp3) is 0.0400. The van der Waals surface area contributed by atoms with Crippen LogP contribution in [0.3, 0.4) is 0 Å². The zero-order valence-electron chi connectivity index (χ0n) is 29.5. The van der Waals surface area contributed by atoms with E-state index in [0.29, 0.717) is 6.42 Å². The van der Waals surface area contributed by atoms with Crippen molar-refractivity contribution in [3.63, 3.8) is 0 Å². The Labute approximate surface area is 315 Å². The zero-order valence-corrected chi connectivity index (χ0v) is 29.5. The maximum atomic E-state index is 10.1. The van der Waals surface area contributed by atoms with E-state index in [-0.39, 0.29) is 23.0 Å². The van der Waals surface area contributed by atoms with E-state index in [2.05, 4.69) is 97.1 Å². The summed E-state index contributed by atoms with van der Waals surface area (Å²) in [5.41, 5.74) is 11.8. The molecule has 0 amide bonds. The van der Waals surface area contributed by atoms with Crippen molar-refractivity contribution in [2.75, 3.05) is 0 Å². The van der Waals surface area contributed by atoms with Crippen molar-refractivity contribution in [3.8, 4) is 67.5 Å². The summed E-state index contributed by atoms with van der Waals surface area (Å²) in [7, 11) is 0. The van der Waals surface area contributed by atoms with Gasteiger partial charge in [-0.3, -0.25) is 0 Å². The molecule has 4 heteroatoms. The number of hydrogen-bond acceptors (Lipinski definition) is 4. The van der Waals surface area contributed by atoms with Crippen LogP contribution in [0.2, 0.25) is 0 Å². The van der Waals surface area contributed by atoms with Gasteiger partial charge in [0.25, 0.3) is 0 Å². The first-order valence-electron chi connectivity index (χ1n) is 17.9. The summed E-state index contributed by atoms with van der Waals surface area (Å²) < 4.78 is 0. The van der Waals surface area contributed by atoms with Gasteiger partial charge < -0.3 is 20.4 Å². The van der Waals surface area contributed by atoms with Gasteiger partial charge in [-0.05, 0) is 140 Å². The number of phenols is 4. The second kappa shape index (κ2) is 14.5. The summed E-state index contributed by atoms with van der Waals surface area (Å²) in [6.07, 6.45) is 0.607. The molecule has 8 aromatic carbocycles. The van der Waals surface area contributed by atoms with Crippen LogP contribution < -0.4 is 0 Å². The van der Waals surface area contributed by atoms with Crippen LogP contribution in [0, 0.1) is 0 Å². The van der Waals surface area contributed by atoms with E-state index < -0.39 is 5.41 Å². The molecule has 0 aliphatic rings. The van der Waals surface area contributed by atoms with Crippen molar-refractivity contribution in [2.45, 2.75) is 11.8 Å². The highest BCUT2D eigenvalue weighted by Crippen LogP contribution is 2.46. The molecular formula is C50H38O4. The second-order valence-electron chi connectivity index (χ2n) is 13.7. The Morgan fingerprint density at radius 3 is 0.870 bits per heavy atom. The molecule has 0 aromatic heterocycles. The fourth-order valence-electron chi connectivity index (χ4n) is 7.48. The Hall–Kier alpha value is -7.04. The molecule has 0 saturated carbocycles. The predicted octanol–water partition coefficient (Wildman–Crippen LogP) is 11.8. The van der Waals surface area contributed by atoms with Crippen LogP contribution >= 0.6 is 0 Å². The normalized spacial score (nSPS) is 11.3. The third kappa shape index (κ3) is 6.93. The van der Waals surface area contributed by atoms with Crippen LogP contribution in [-0.4, -0.2) is 20.4 Å². The largest absolute Gasteiger partial charge is 0.508 e. The Kier molecular flexibility index (Phi) is 9.17. The molecule has 0 heterocycles. The summed E-state index contributed by atoms with van der Waals surface area (Å²) >= 11 is 0. The monoisotopic (exact) mass is 702 g/mol. The lowest BCUT2D eigenvalue weighted by Crippen LogP contribution is -2.32. The smallest absolute Gasteiger partial charge is 0.115 e. The summed E-state index contributed by atoms with van der Waals surface area (Å²) in [4.78, 5) is 0. The molecular weight excluding hydrogens is 665 g/mol. The molecule has 0 spiro atoms. The van der Waals surface area contributed by atoms with E-state index in [4.69, 9.17) is 0 Å². The molecule has 54 heavy (non-hydrogen) atoms. The van der Waals surface area contributed by atoms with Gasteiger partial charge in [0.05, 0.1) is 0 Å². The van der Waals surface area contributed by atoms with Gasteiger partial charge in [-0.2, -0.15) is 0 Å². The molecule has 0 bridgehead atoms. The van der Waals surface area contributed by atoms with Gasteiger partial charge in [0, 0.05) is 5.41 Å². The van der Waals surface area contributed by atoms with Gasteiger partial charge in [-0.15, -0.1) is 0 Å². The molecule has 0 aliphatic carbocycles. The molecule has 0 aliphatic heterocycles. The van der Waals surface area contributed by atoms with Crippen molar-refractivity contribution in [1.29, 1.82) is 0 Å². The van der Waals surface area contributed by atoms with Crippen molar-refractivity contribution in [1.82, 2.24) is 0 Å². The van der Waals surface area contributed by atoms with E-state index >= 15 is 0 Å². The molecule has 0 unspecified atom stereocenters. The van der Waals surface area contributed by atoms with E-state index in [1.54, 1.807) is 48.5 Å². The second-order valence-corrected chi connectivity index (χ2v) is 13.7. The summed E-state index contributed by atoms with van der Waals surface area (Å²) in [5.74, 6) is 0.879. The predicted molar refractivity (Wildman–Crippen MR) is 218 cm³/mol. The van der Waals surface area contributed by atoms with Crippen molar-refractivity contribution in [2.24, 2.45) is 0 Å². The van der Waals surface area contributed by atoms with Crippen LogP contribution in [0.5, 0.6) is 23.0 Å². The Balaban J connectivity index is 1.40. The van der Waals surface area contributed by atoms with Crippen LogP contribution in [0.25, 0.3) is 44.5 Å². The van der Waals surface area contributed by atoms with Crippen LogP contribution in [0.1, 0.15) is 22.3 Å². The number of hydrogen-bond donors (Lipinski definition) is 4. The molecule has 0 radical (unpaired) electrons. The van der Waals surface area contributed by atoms with E-state index in [1.165, 1.54) is 0 Å². The van der Waals surface area contributed by atoms with Crippen molar-refractivity contribution >= 4 is 0 Å².